The van der Waals surface area contributed by atoms with E-state index in [0.717, 1.165) is 16.7 Å². The summed E-state index contributed by atoms with van der Waals surface area (Å²) in [6.45, 7) is 5.83. The van der Waals surface area contributed by atoms with Gasteiger partial charge in [0.05, 0.1) is 4.47 Å². The second-order valence-corrected chi connectivity index (χ2v) is 4.57. The Labute approximate surface area is 92.6 Å². The Morgan fingerprint density at radius 2 is 2.07 bits per heavy atom. The third kappa shape index (κ3) is 2.34. The van der Waals surface area contributed by atoms with E-state index in [1.54, 1.807) is 6.07 Å². The molecule has 0 saturated carbocycles. The van der Waals surface area contributed by atoms with Crippen LogP contribution in [0.25, 0.3) is 0 Å². The first-order valence-corrected chi connectivity index (χ1v) is 5.42. The topological polar surface area (TPSA) is 26.0 Å². The number of hydrogen-bond acceptors (Lipinski definition) is 1. The molecule has 14 heavy (non-hydrogen) atoms. The number of hydrogen-bond donors (Lipinski definition) is 1. The fourth-order valence-electron chi connectivity index (χ4n) is 1.47. The van der Waals surface area contributed by atoms with E-state index in [0.29, 0.717) is 10.9 Å². The molecule has 0 amide bonds. The summed E-state index contributed by atoms with van der Waals surface area (Å²) in [7, 11) is 0. The van der Waals surface area contributed by atoms with Crippen LogP contribution in [0, 0.1) is 19.7 Å². The Morgan fingerprint density at radius 1 is 1.50 bits per heavy atom. The van der Waals surface area contributed by atoms with Crippen LogP contribution in [0.5, 0.6) is 0 Å². The van der Waals surface area contributed by atoms with E-state index in [-0.39, 0.29) is 11.9 Å². The molecular weight excluding hydrogens is 245 g/mol. The summed E-state index contributed by atoms with van der Waals surface area (Å²) >= 11 is 3.26. The van der Waals surface area contributed by atoms with Gasteiger partial charge in [-0.3, -0.25) is 0 Å². The molecule has 1 atom stereocenters. The summed E-state index contributed by atoms with van der Waals surface area (Å²) in [5, 5.41) is 0. The zero-order valence-corrected chi connectivity index (χ0v) is 10.3. The molecule has 1 rings (SSSR count). The minimum atomic E-state index is -0.205. The normalized spacial score (nSPS) is 13.0. The Bertz CT molecular complexity index is 321. The first-order valence-electron chi connectivity index (χ1n) is 4.63. The fourth-order valence-corrected chi connectivity index (χ4v) is 2.05. The lowest BCUT2D eigenvalue weighted by Crippen LogP contribution is -2.19. The van der Waals surface area contributed by atoms with E-state index in [2.05, 4.69) is 15.9 Å². The molecule has 78 valence electrons. The molecule has 1 nitrogen and oxygen atoms in total. The standard InChI is InChI=1S/C11H15BrFN/c1-6-4-10(13)11(12)9(8(6)3)5-7(2)14/h4,7H,5,14H2,1-3H3. The molecule has 2 N–H and O–H groups in total. The maximum atomic E-state index is 13.4. The average Bonchev–Trinajstić information content (AvgIpc) is 2.09. The molecule has 0 aliphatic carbocycles. The molecule has 3 heteroatoms. The summed E-state index contributed by atoms with van der Waals surface area (Å²) in [6.07, 6.45) is 0.699. The van der Waals surface area contributed by atoms with Crippen LogP contribution in [0.3, 0.4) is 0 Å². The van der Waals surface area contributed by atoms with Crippen molar-refractivity contribution < 1.29 is 4.39 Å². The number of aryl methyl sites for hydroxylation is 1. The zero-order valence-electron chi connectivity index (χ0n) is 8.70. The molecular formula is C11H15BrFN. The summed E-state index contributed by atoms with van der Waals surface area (Å²) in [6, 6.07) is 1.59. The van der Waals surface area contributed by atoms with Gasteiger partial charge in [-0.05, 0) is 65.9 Å². The molecule has 1 aromatic carbocycles. The lowest BCUT2D eigenvalue weighted by molar-refractivity contribution is 0.612. The summed E-state index contributed by atoms with van der Waals surface area (Å²) in [4.78, 5) is 0. The number of nitrogens with two attached hydrogens (primary N) is 1. The van der Waals surface area contributed by atoms with Gasteiger partial charge in [-0.25, -0.2) is 4.39 Å². The molecule has 0 spiro atoms. The highest BCUT2D eigenvalue weighted by Crippen LogP contribution is 2.27. The monoisotopic (exact) mass is 259 g/mol. The Kier molecular flexibility index (Phi) is 3.67. The Morgan fingerprint density at radius 3 is 2.57 bits per heavy atom. The third-order valence-corrected chi connectivity index (χ3v) is 3.25. The van der Waals surface area contributed by atoms with Crippen molar-refractivity contribution in [2.45, 2.75) is 33.2 Å². The maximum absolute atomic E-state index is 13.4. The van der Waals surface area contributed by atoms with Crippen LogP contribution >= 0.6 is 15.9 Å². The summed E-state index contributed by atoms with van der Waals surface area (Å²) in [5.74, 6) is -0.205. The summed E-state index contributed by atoms with van der Waals surface area (Å²) in [5.41, 5.74) is 8.80. The molecule has 0 radical (unpaired) electrons. The van der Waals surface area contributed by atoms with E-state index in [4.69, 9.17) is 5.73 Å². The highest BCUT2D eigenvalue weighted by molar-refractivity contribution is 9.10. The van der Waals surface area contributed by atoms with Crippen LogP contribution < -0.4 is 5.73 Å². The van der Waals surface area contributed by atoms with Crippen molar-refractivity contribution in [2.75, 3.05) is 0 Å². The molecule has 0 aliphatic rings. The quantitative estimate of drug-likeness (QED) is 0.868. The number of benzene rings is 1. The average molecular weight is 260 g/mol. The SMILES string of the molecule is Cc1cc(F)c(Br)c(CC(C)N)c1C. The summed E-state index contributed by atoms with van der Waals surface area (Å²) < 4.78 is 13.9. The van der Waals surface area contributed by atoms with Crippen molar-refractivity contribution in [1.29, 1.82) is 0 Å². The van der Waals surface area contributed by atoms with Gasteiger partial charge >= 0.3 is 0 Å². The maximum Gasteiger partial charge on any atom is 0.137 e. The van der Waals surface area contributed by atoms with Crippen LogP contribution in [-0.4, -0.2) is 6.04 Å². The molecule has 0 fully saturated rings. The molecule has 0 bridgehead atoms. The van der Waals surface area contributed by atoms with Gasteiger partial charge in [-0.1, -0.05) is 0 Å². The van der Waals surface area contributed by atoms with Gasteiger partial charge in [0.15, 0.2) is 0 Å². The minimum Gasteiger partial charge on any atom is -0.328 e. The van der Waals surface area contributed by atoms with Gasteiger partial charge in [-0.2, -0.15) is 0 Å². The lowest BCUT2D eigenvalue weighted by Gasteiger charge is -2.14. The molecule has 0 aliphatic heterocycles. The van der Waals surface area contributed by atoms with Gasteiger partial charge in [-0.15, -0.1) is 0 Å². The van der Waals surface area contributed by atoms with Gasteiger partial charge < -0.3 is 5.73 Å². The van der Waals surface area contributed by atoms with Gasteiger partial charge in [0.2, 0.25) is 0 Å². The number of rotatable bonds is 2. The minimum absolute atomic E-state index is 0.0474. The third-order valence-electron chi connectivity index (χ3n) is 2.39. The van der Waals surface area contributed by atoms with E-state index < -0.39 is 0 Å². The molecule has 1 unspecified atom stereocenters. The zero-order chi connectivity index (χ0) is 10.9. The molecule has 0 heterocycles. The van der Waals surface area contributed by atoms with Crippen molar-refractivity contribution in [3.8, 4) is 0 Å². The lowest BCUT2D eigenvalue weighted by atomic mass is 9.98. The molecule has 0 saturated heterocycles. The van der Waals surface area contributed by atoms with E-state index in [9.17, 15) is 4.39 Å². The van der Waals surface area contributed by atoms with E-state index in [1.807, 2.05) is 20.8 Å². The fraction of sp³-hybridized carbons (Fsp3) is 0.455. The van der Waals surface area contributed by atoms with Crippen molar-refractivity contribution in [2.24, 2.45) is 5.73 Å². The highest BCUT2D eigenvalue weighted by Gasteiger charge is 2.12. The van der Waals surface area contributed by atoms with Gasteiger partial charge in [0.25, 0.3) is 0 Å². The largest absolute Gasteiger partial charge is 0.328 e. The molecule has 1 aromatic rings. The first kappa shape index (κ1) is 11.7. The highest BCUT2D eigenvalue weighted by atomic mass is 79.9. The van der Waals surface area contributed by atoms with Crippen LogP contribution in [0.4, 0.5) is 4.39 Å². The first-order chi connectivity index (χ1) is 6.43. The number of halogens is 2. The van der Waals surface area contributed by atoms with Crippen molar-refractivity contribution in [1.82, 2.24) is 0 Å². The van der Waals surface area contributed by atoms with Crippen molar-refractivity contribution in [3.63, 3.8) is 0 Å². The van der Waals surface area contributed by atoms with Crippen LogP contribution in [0.15, 0.2) is 10.5 Å². The van der Waals surface area contributed by atoms with Crippen LogP contribution in [0.2, 0.25) is 0 Å². The molecule has 0 aromatic heterocycles. The predicted octanol–water partition coefficient (Wildman–Crippen LogP) is 3.09. The van der Waals surface area contributed by atoms with Crippen molar-refractivity contribution >= 4 is 15.9 Å². The smallest absolute Gasteiger partial charge is 0.137 e. The van der Waals surface area contributed by atoms with E-state index >= 15 is 0 Å². The van der Waals surface area contributed by atoms with Crippen LogP contribution in [0.1, 0.15) is 23.6 Å². The van der Waals surface area contributed by atoms with E-state index in [1.165, 1.54) is 0 Å². The second kappa shape index (κ2) is 4.41. The Hall–Kier alpha value is -0.410. The van der Waals surface area contributed by atoms with Gasteiger partial charge in [0, 0.05) is 6.04 Å². The Balaban J connectivity index is 3.25. The van der Waals surface area contributed by atoms with Crippen LogP contribution in [-0.2, 0) is 6.42 Å². The van der Waals surface area contributed by atoms with Crippen molar-refractivity contribution in [3.05, 3.63) is 33.0 Å². The second-order valence-electron chi connectivity index (χ2n) is 3.77. The predicted molar refractivity (Wildman–Crippen MR) is 60.9 cm³/mol. The van der Waals surface area contributed by atoms with Gasteiger partial charge in [0.1, 0.15) is 5.82 Å².